The van der Waals surface area contributed by atoms with Gasteiger partial charge in [0.1, 0.15) is 11.6 Å². The van der Waals surface area contributed by atoms with Crippen LogP contribution >= 0.6 is 0 Å². The lowest BCUT2D eigenvalue weighted by Gasteiger charge is -2.17. The second-order valence-corrected chi connectivity index (χ2v) is 4.78. The van der Waals surface area contributed by atoms with Crippen molar-refractivity contribution in [3.05, 3.63) is 29.6 Å². The van der Waals surface area contributed by atoms with E-state index >= 15 is 0 Å². The van der Waals surface area contributed by atoms with Crippen LogP contribution in [0.5, 0.6) is 5.75 Å². The molecule has 1 amide bonds. The van der Waals surface area contributed by atoms with Crippen molar-refractivity contribution in [3.8, 4) is 5.75 Å². The molecule has 1 rings (SSSR count). The number of amides is 1. The number of carbonyl (C=O) groups is 2. The highest BCUT2D eigenvalue weighted by atomic mass is 19.1. The average Bonchev–Trinajstić information content (AvgIpc) is 2.43. The first-order chi connectivity index (χ1) is 9.93. The van der Waals surface area contributed by atoms with Crippen molar-refractivity contribution in [2.75, 3.05) is 7.11 Å². The van der Waals surface area contributed by atoms with Gasteiger partial charge in [-0.05, 0) is 38.0 Å². The summed E-state index contributed by atoms with van der Waals surface area (Å²) in [6.07, 6.45) is 1.27. The highest BCUT2D eigenvalue weighted by molar-refractivity contribution is 5.76. The third-order valence-electron chi connectivity index (χ3n) is 3.08. The first kappa shape index (κ1) is 16.9. The van der Waals surface area contributed by atoms with E-state index in [0.29, 0.717) is 24.2 Å². The number of carbonyl (C=O) groups excluding carboxylic acids is 1. The Kier molecular flexibility index (Phi) is 6.65. The van der Waals surface area contributed by atoms with E-state index in [0.717, 1.165) is 0 Å². The maximum Gasteiger partial charge on any atom is 0.303 e. The van der Waals surface area contributed by atoms with Crippen molar-refractivity contribution in [2.24, 2.45) is 0 Å². The summed E-state index contributed by atoms with van der Waals surface area (Å²) in [6, 6.07) is 3.75. The number of aliphatic carboxylic acids is 1. The number of ether oxygens (including phenoxy) is 1. The number of carboxylic acid groups (broad SMARTS) is 1. The first-order valence-electron chi connectivity index (χ1n) is 6.78. The van der Waals surface area contributed by atoms with E-state index < -0.39 is 11.8 Å². The lowest BCUT2D eigenvalue weighted by atomic mass is 10.1. The molecule has 0 aliphatic heterocycles. The molecule has 0 spiro atoms. The van der Waals surface area contributed by atoms with E-state index in [1.54, 1.807) is 6.92 Å². The molecule has 1 atom stereocenters. The van der Waals surface area contributed by atoms with Gasteiger partial charge in [0, 0.05) is 18.4 Å². The van der Waals surface area contributed by atoms with E-state index in [1.165, 1.54) is 25.3 Å². The highest BCUT2D eigenvalue weighted by Crippen LogP contribution is 2.25. The predicted octanol–water partition coefficient (Wildman–Crippen LogP) is 2.66. The number of nitrogens with one attached hydrogen (secondary N) is 1. The largest absolute Gasteiger partial charge is 0.496 e. The molecule has 0 bridgehead atoms. The topological polar surface area (TPSA) is 75.6 Å². The van der Waals surface area contributed by atoms with E-state index in [1.807, 2.05) is 0 Å². The molecular formula is C15H20FNO4. The van der Waals surface area contributed by atoms with Crippen LogP contribution in [0.1, 0.15) is 44.2 Å². The van der Waals surface area contributed by atoms with Crippen LogP contribution < -0.4 is 10.1 Å². The highest BCUT2D eigenvalue weighted by Gasteiger charge is 2.15. The van der Waals surface area contributed by atoms with E-state index in [-0.39, 0.29) is 24.8 Å². The van der Waals surface area contributed by atoms with Gasteiger partial charge in [0.15, 0.2) is 0 Å². The Bertz CT molecular complexity index is 504. The number of benzene rings is 1. The first-order valence-corrected chi connectivity index (χ1v) is 6.78. The molecule has 116 valence electrons. The normalized spacial score (nSPS) is 11.8. The second-order valence-electron chi connectivity index (χ2n) is 4.78. The van der Waals surface area contributed by atoms with Crippen LogP contribution in [0.15, 0.2) is 18.2 Å². The smallest absolute Gasteiger partial charge is 0.303 e. The van der Waals surface area contributed by atoms with Gasteiger partial charge in [-0.15, -0.1) is 0 Å². The molecule has 0 radical (unpaired) electrons. The van der Waals surface area contributed by atoms with Gasteiger partial charge in [0.05, 0.1) is 13.2 Å². The minimum atomic E-state index is -0.867. The molecule has 2 N–H and O–H groups in total. The van der Waals surface area contributed by atoms with Crippen LogP contribution in [0, 0.1) is 5.82 Å². The fraction of sp³-hybridized carbons (Fsp3) is 0.467. The summed E-state index contributed by atoms with van der Waals surface area (Å²) >= 11 is 0. The third-order valence-corrected chi connectivity index (χ3v) is 3.08. The number of hydrogen-bond donors (Lipinski definition) is 2. The Morgan fingerprint density at radius 1 is 1.33 bits per heavy atom. The molecular weight excluding hydrogens is 277 g/mol. The van der Waals surface area contributed by atoms with Gasteiger partial charge in [-0.3, -0.25) is 9.59 Å². The number of rotatable bonds is 8. The lowest BCUT2D eigenvalue weighted by Crippen LogP contribution is -2.26. The molecule has 0 saturated carbocycles. The van der Waals surface area contributed by atoms with Gasteiger partial charge >= 0.3 is 5.97 Å². The maximum atomic E-state index is 13.3. The van der Waals surface area contributed by atoms with Gasteiger partial charge in [-0.2, -0.15) is 0 Å². The third kappa shape index (κ3) is 5.81. The number of hydrogen-bond acceptors (Lipinski definition) is 3. The molecule has 21 heavy (non-hydrogen) atoms. The van der Waals surface area contributed by atoms with Crippen LogP contribution in [-0.2, 0) is 9.59 Å². The van der Waals surface area contributed by atoms with E-state index in [9.17, 15) is 14.0 Å². The zero-order valence-corrected chi connectivity index (χ0v) is 12.2. The molecule has 0 fully saturated rings. The summed E-state index contributed by atoms with van der Waals surface area (Å²) in [6.45, 7) is 1.74. The van der Waals surface area contributed by atoms with Gasteiger partial charge in [-0.1, -0.05) is 0 Å². The van der Waals surface area contributed by atoms with Crippen molar-refractivity contribution >= 4 is 11.9 Å². The summed E-state index contributed by atoms with van der Waals surface area (Å²) in [5.41, 5.74) is 0.566. The minimum absolute atomic E-state index is 0.0561. The van der Waals surface area contributed by atoms with Crippen molar-refractivity contribution in [3.63, 3.8) is 0 Å². The van der Waals surface area contributed by atoms with Gasteiger partial charge in [0.2, 0.25) is 5.91 Å². The summed E-state index contributed by atoms with van der Waals surface area (Å²) in [5, 5.41) is 11.3. The van der Waals surface area contributed by atoms with E-state index in [2.05, 4.69) is 5.32 Å². The van der Waals surface area contributed by atoms with Crippen molar-refractivity contribution in [2.45, 2.75) is 38.6 Å². The molecule has 0 heterocycles. The second kappa shape index (κ2) is 8.24. The fourth-order valence-corrected chi connectivity index (χ4v) is 2.00. The fourth-order valence-electron chi connectivity index (χ4n) is 2.00. The Morgan fingerprint density at radius 3 is 2.62 bits per heavy atom. The molecule has 6 heteroatoms. The summed E-state index contributed by atoms with van der Waals surface area (Å²) < 4.78 is 18.4. The number of carboxylic acids is 1. The van der Waals surface area contributed by atoms with Crippen molar-refractivity contribution in [1.82, 2.24) is 5.32 Å². The lowest BCUT2D eigenvalue weighted by molar-refractivity contribution is -0.137. The van der Waals surface area contributed by atoms with Crippen LogP contribution in [0.2, 0.25) is 0 Å². The van der Waals surface area contributed by atoms with Gasteiger partial charge < -0.3 is 15.2 Å². The monoisotopic (exact) mass is 297 g/mol. The summed E-state index contributed by atoms with van der Waals surface area (Å²) in [4.78, 5) is 22.1. The number of methoxy groups -OCH3 is 1. The Labute approximate surface area is 123 Å². The van der Waals surface area contributed by atoms with Crippen molar-refractivity contribution < 1.29 is 23.8 Å². The van der Waals surface area contributed by atoms with Crippen LogP contribution in [0.4, 0.5) is 4.39 Å². The minimum Gasteiger partial charge on any atom is -0.496 e. The predicted molar refractivity (Wildman–Crippen MR) is 75.6 cm³/mol. The summed E-state index contributed by atoms with van der Waals surface area (Å²) in [5.74, 6) is -0.948. The Hall–Kier alpha value is -2.11. The number of unbranched alkanes of at least 4 members (excludes halogenated alkanes) is 1. The van der Waals surface area contributed by atoms with Crippen LogP contribution in [-0.4, -0.2) is 24.1 Å². The molecule has 1 aromatic carbocycles. The van der Waals surface area contributed by atoms with Gasteiger partial charge in [0.25, 0.3) is 0 Å². The summed E-state index contributed by atoms with van der Waals surface area (Å²) in [7, 11) is 1.48. The maximum absolute atomic E-state index is 13.3. The molecule has 0 saturated heterocycles. The molecule has 1 unspecified atom stereocenters. The quantitative estimate of drug-likeness (QED) is 0.723. The zero-order chi connectivity index (χ0) is 15.8. The molecule has 0 aliphatic carbocycles. The standard InChI is InChI=1S/C15H20FNO4/c1-10(12-9-11(16)7-8-13(12)21-2)17-14(18)5-3-4-6-15(19)20/h7-10H,3-6H2,1-2H3,(H,17,18)(H,19,20). The van der Waals surface area contributed by atoms with Crippen molar-refractivity contribution in [1.29, 1.82) is 0 Å². The molecule has 0 aliphatic rings. The Balaban J connectivity index is 2.52. The zero-order valence-electron chi connectivity index (χ0n) is 12.2. The van der Waals surface area contributed by atoms with Crippen LogP contribution in [0.25, 0.3) is 0 Å². The molecule has 5 nitrogen and oxygen atoms in total. The van der Waals surface area contributed by atoms with Gasteiger partial charge in [-0.25, -0.2) is 4.39 Å². The number of halogens is 1. The van der Waals surface area contributed by atoms with Crippen LogP contribution in [0.3, 0.4) is 0 Å². The average molecular weight is 297 g/mol. The molecule has 1 aromatic rings. The Morgan fingerprint density at radius 2 is 2.00 bits per heavy atom. The van der Waals surface area contributed by atoms with E-state index in [4.69, 9.17) is 9.84 Å². The molecule has 0 aromatic heterocycles. The SMILES string of the molecule is COc1ccc(F)cc1C(C)NC(=O)CCCCC(=O)O.